The molecule has 0 aliphatic heterocycles. The molecule has 1 aliphatic carbocycles. The van der Waals surface area contributed by atoms with Crippen molar-refractivity contribution >= 4 is 5.91 Å². The van der Waals surface area contributed by atoms with E-state index in [4.69, 9.17) is 11.2 Å². The molecule has 2 atom stereocenters. The fraction of sp³-hybridized carbons (Fsp3) is 0.500. The molecule has 1 amide bonds. The molecular formula is C18H22FNO2. The number of carbonyl (C=O) groups is 1. The van der Waals surface area contributed by atoms with Crippen LogP contribution in [0.15, 0.2) is 12.1 Å². The highest BCUT2D eigenvalue weighted by molar-refractivity contribution is 5.96. The molecule has 1 aliphatic rings. The predicted octanol–water partition coefficient (Wildman–Crippen LogP) is 3.45. The Hall–Kier alpha value is -2.02. The number of terminal acetylenes is 1. The van der Waals surface area contributed by atoms with Crippen molar-refractivity contribution < 1.29 is 13.9 Å². The lowest BCUT2D eigenvalue weighted by atomic mass is 9.86. The first-order chi connectivity index (χ1) is 10.5. The molecule has 2 rings (SSSR count). The molecule has 1 saturated carbocycles. The zero-order valence-electron chi connectivity index (χ0n) is 13.1. The van der Waals surface area contributed by atoms with E-state index < -0.39 is 5.82 Å². The average Bonchev–Trinajstić information content (AvgIpc) is 2.50. The van der Waals surface area contributed by atoms with Crippen LogP contribution >= 0.6 is 0 Å². The summed E-state index contributed by atoms with van der Waals surface area (Å²) in [5.41, 5.74) is 1.03. The summed E-state index contributed by atoms with van der Waals surface area (Å²) in [6.07, 6.45) is 9.54. The topological polar surface area (TPSA) is 38.3 Å². The number of hydrogen-bond donors (Lipinski definition) is 1. The Bertz CT molecular complexity index is 591. The number of amides is 1. The van der Waals surface area contributed by atoms with Crippen LogP contribution < -0.4 is 10.1 Å². The van der Waals surface area contributed by atoms with Gasteiger partial charge in [0.05, 0.1) is 0 Å². The second-order valence-corrected chi connectivity index (χ2v) is 5.93. The van der Waals surface area contributed by atoms with Crippen LogP contribution in [0, 0.1) is 31.0 Å². The zero-order valence-corrected chi connectivity index (χ0v) is 13.1. The molecule has 0 radical (unpaired) electrons. The minimum Gasteiger partial charge on any atom is -0.478 e. The van der Waals surface area contributed by atoms with Gasteiger partial charge in [-0.05, 0) is 43.4 Å². The van der Waals surface area contributed by atoms with E-state index in [1.165, 1.54) is 18.6 Å². The standard InChI is InChI=1S/C18H22FNO2/c1-4-9-22-17-10-13(3)14(11-15(17)19)18(21)20-16-8-6-5-7-12(16)2/h1,10-12,16H,5-9H2,2-3H3,(H,20,21). The highest BCUT2D eigenvalue weighted by Crippen LogP contribution is 2.26. The molecule has 2 unspecified atom stereocenters. The summed E-state index contributed by atoms with van der Waals surface area (Å²) in [6, 6.07) is 2.91. The first-order valence-electron chi connectivity index (χ1n) is 7.70. The van der Waals surface area contributed by atoms with Gasteiger partial charge >= 0.3 is 0 Å². The van der Waals surface area contributed by atoms with Crippen LogP contribution in [-0.2, 0) is 0 Å². The minimum absolute atomic E-state index is 0.00148. The smallest absolute Gasteiger partial charge is 0.251 e. The van der Waals surface area contributed by atoms with Crippen LogP contribution in [0.4, 0.5) is 4.39 Å². The maximum absolute atomic E-state index is 14.0. The summed E-state index contributed by atoms with van der Waals surface area (Å²) < 4.78 is 19.1. The Morgan fingerprint density at radius 3 is 2.86 bits per heavy atom. The zero-order chi connectivity index (χ0) is 16.1. The first kappa shape index (κ1) is 16.4. The molecule has 1 aromatic rings. The van der Waals surface area contributed by atoms with Gasteiger partial charge in [-0.1, -0.05) is 25.7 Å². The van der Waals surface area contributed by atoms with Crippen LogP contribution in [0.5, 0.6) is 5.75 Å². The van der Waals surface area contributed by atoms with Gasteiger partial charge in [-0.25, -0.2) is 4.39 Å². The van der Waals surface area contributed by atoms with Crippen LogP contribution in [0.3, 0.4) is 0 Å². The summed E-state index contributed by atoms with van der Waals surface area (Å²) in [5, 5.41) is 3.04. The summed E-state index contributed by atoms with van der Waals surface area (Å²) in [5.74, 6) is 2.04. The third-order valence-corrected chi connectivity index (χ3v) is 4.26. The van der Waals surface area contributed by atoms with Crippen LogP contribution in [0.2, 0.25) is 0 Å². The Balaban J connectivity index is 2.12. The van der Waals surface area contributed by atoms with Crippen LogP contribution in [0.25, 0.3) is 0 Å². The van der Waals surface area contributed by atoms with Gasteiger partial charge in [-0.15, -0.1) is 6.42 Å². The largest absolute Gasteiger partial charge is 0.478 e. The van der Waals surface area contributed by atoms with Gasteiger partial charge in [0, 0.05) is 11.6 Å². The third-order valence-electron chi connectivity index (χ3n) is 4.26. The Morgan fingerprint density at radius 1 is 1.45 bits per heavy atom. The van der Waals surface area contributed by atoms with E-state index in [0.29, 0.717) is 17.0 Å². The first-order valence-corrected chi connectivity index (χ1v) is 7.70. The van der Waals surface area contributed by atoms with Crippen molar-refractivity contribution in [1.82, 2.24) is 5.32 Å². The van der Waals surface area contributed by atoms with Crippen molar-refractivity contribution in [2.75, 3.05) is 6.61 Å². The average molecular weight is 303 g/mol. The van der Waals surface area contributed by atoms with Crippen molar-refractivity contribution in [3.05, 3.63) is 29.1 Å². The molecule has 3 nitrogen and oxygen atoms in total. The third kappa shape index (κ3) is 3.79. The second-order valence-electron chi connectivity index (χ2n) is 5.93. The van der Waals surface area contributed by atoms with Crippen molar-refractivity contribution in [1.29, 1.82) is 0 Å². The number of aryl methyl sites for hydroxylation is 1. The molecule has 0 bridgehead atoms. The van der Waals surface area contributed by atoms with Gasteiger partial charge in [0.15, 0.2) is 11.6 Å². The number of hydrogen-bond acceptors (Lipinski definition) is 2. The highest BCUT2D eigenvalue weighted by atomic mass is 19.1. The van der Waals surface area contributed by atoms with Gasteiger partial charge in [-0.3, -0.25) is 4.79 Å². The summed E-state index contributed by atoms with van der Waals surface area (Å²) in [6.45, 7) is 3.91. The summed E-state index contributed by atoms with van der Waals surface area (Å²) in [4.78, 5) is 12.4. The summed E-state index contributed by atoms with van der Waals surface area (Å²) >= 11 is 0. The number of benzene rings is 1. The van der Waals surface area contributed by atoms with Crippen molar-refractivity contribution in [3.63, 3.8) is 0 Å². The molecule has 0 heterocycles. The molecule has 22 heavy (non-hydrogen) atoms. The number of halogens is 1. The van der Waals surface area contributed by atoms with Crippen molar-refractivity contribution in [3.8, 4) is 18.1 Å². The van der Waals surface area contributed by atoms with Crippen LogP contribution in [0.1, 0.15) is 48.5 Å². The second kappa shape index (κ2) is 7.31. The number of carbonyl (C=O) groups excluding carboxylic acids is 1. The van der Waals surface area contributed by atoms with Crippen LogP contribution in [-0.4, -0.2) is 18.6 Å². The van der Waals surface area contributed by atoms with Gasteiger partial charge < -0.3 is 10.1 Å². The highest BCUT2D eigenvalue weighted by Gasteiger charge is 2.24. The molecule has 1 N–H and O–H groups in total. The van der Waals surface area contributed by atoms with E-state index >= 15 is 0 Å². The molecule has 0 aromatic heterocycles. The van der Waals surface area contributed by atoms with Gasteiger partial charge in [0.1, 0.15) is 6.61 Å². The SMILES string of the molecule is C#CCOc1cc(C)c(C(=O)NC2CCCCC2C)cc1F. The maximum atomic E-state index is 14.0. The van der Waals surface area contributed by atoms with E-state index in [1.807, 2.05) is 0 Å². The molecule has 1 aromatic carbocycles. The fourth-order valence-corrected chi connectivity index (χ4v) is 2.91. The summed E-state index contributed by atoms with van der Waals surface area (Å²) in [7, 11) is 0. The molecule has 4 heteroatoms. The maximum Gasteiger partial charge on any atom is 0.251 e. The lowest BCUT2D eigenvalue weighted by molar-refractivity contribution is 0.0909. The Kier molecular flexibility index (Phi) is 5.43. The number of ether oxygens (including phenoxy) is 1. The van der Waals surface area contributed by atoms with E-state index in [0.717, 1.165) is 19.3 Å². The predicted molar refractivity (Wildman–Crippen MR) is 84.4 cm³/mol. The lowest BCUT2D eigenvalue weighted by Gasteiger charge is -2.29. The van der Waals surface area contributed by atoms with E-state index in [2.05, 4.69) is 18.2 Å². The Labute approximate surface area is 131 Å². The number of rotatable bonds is 4. The van der Waals surface area contributed by atoms with Crippen molar-refractivity contribution in [2.24, 2.45) is 5.92 Å². The molecule has 0 saturated heterocycles. The van der Waals surface area contributed by atoms with Gasteiger partial charge in [0.2, 0.25) is 0 Å². The monoisotopic (exact) mass is 303 g/mol. The van der Waals surface area contributed by atoms with E-state index in [1.54, 1.807) is 6.92 Å². The number of nitrogens with one attached hydrogen (secondary N) is 1. The fourth-order valence-electron chi connectivity index (χ4n) is 2.91. The molecule has 1 fully saturated rings. The minimum atomic E-state index is -0.567. The molecule has 118 valence electrons. The normalized spacial score (nSPS) is 21.0. The van der Waals surface area contributed by atoms with E-state index in [-0.39, 0.29) is 24.3 Å². The van der Waals surface area contributed by atoms with Gasteiger partial charge in [0.25, 0.3) is 5.91 Å². The Morgan fingerprint density at radius 2 is 2.18 bits per heavy atom. The van der Waals surface area contributed by atoms with Crippen molar-refractivity contribution in [2.45, 2.75) is 45.6 Å². The quantitative estimate of drug-likeness (QED) is 0.865. The molecule has 0 spiro atoms. The lowest BCUT2D eigenvalue weighted by Crippen LogP contribution is -2.41. The molecular weight excluding hydrogens is 281 g/mol. The van der Waals surface area contributed by atoms with Gasteiger partial charge in [-0.2, -0.15) is 0 Å². The van der Waals surface area contributed by atoms with E-state index in [9.17, 15) is 9.18 Å².